The molecule has 31 heavy (non-hydrogen) atoms. The summed E-state index contributed by atoms with van der Waals surface area (Å²) < 4.78 is 12.8. The van der Waals surface area contributed by atoms with Crippen LogP contribution < -0.4 is 15.7 Å². The van der Waals surface area contributed by atoms with E-state index in [4.69, 9.17) is 15.1 Å². The predicted molar refractivity (Wildman–Crippen MR) is 116 cm³/mol. The number of hydrogen-bond donors (Lipinski definition) is 3. The number of hydrogen-bond acceptors (Lipinski definition) is 7. The lowest BCUT2D eigenvalue weighted by Gasteiger charge is -2.27. The molecule has 1 saturated heterocycles. The molecule has 2 aromatic rings. The number of benzene rings is 1. The molecule has 1 aromatic carbocycles. The summed E-state index contributed by atoms with van der Waals surface area (Å²) in [6.07, 6.45) is 2.17. The van der Waals surface area contributed by atoms with Gasteiger partial charge in [-0.25, -0.2) is 0 Å². The van der Waals surface area contributed by atoms with Crippen molar-refractivity contribution in [2.45, 2.75) is 33.2 Å². The van der Waals surface area contributed by atoms with Crippen LogP contribution in [0.3, 0.4) is 0 Å². The maximum atomic E-state index is 12.1. The van der Waals surface area contributed by atoms with Crippen LogP contribution in [0, 0.1) is 24.2 Å². The van der Waals surface area contributed by atoms with Crippen molar-refractivity contribution in [2.75, 3.05) is 18.5 Å². The fourth-order valence-electron chi connectivity index (χ4n) is 3.98. The molecule has 0 bridgehead atoms. The third-order valence-corrected chi connectivity index (χ3v) is 5.96. The molecule has 2 atom stereocenters. The molecular weight excluding hydrogens is 397 g/mol. The molecule has 0 aliphatic carbocycles. The van der Waals surface area contributed by atoms with Gasteiger partial charge in [0.25, 0.3) is 5.91 Å². The molecule has 3 heterocycles. The van der Waals surface area contributed by atoms with Crippen molar-refractivity contribution in [1.82, 2.24) is 9.78 Å². The Morgan fingerprint density at radius 2 is 2.19 bits per heavy atom. The predicted octanol–water partition coefficient (Wildman–Crippen LogP) is 2.34. The van der Waals surface area contributed by atoms with Crippen LogP contribution in [0.1, 0.15) is 47.8 Å². The number of nitriles is 1. The largest absolute Gasteiger partial charge is 0.555 e. The van der Waals surface area contributed by atoms with E-state index in [1.807, 2.05) is 32.9 Å². The fourth-order valence-corrected chi connectivity index (χ4v) is 3.98. The van der Waals surface area contributed by atoms with Gasteiger partial charge in [0.1, 0.15) is 11.3 Å². The van der Waals surface area contributed by atoms with E-state index >= 15 is 0 Å². The fraction of sp³-hybridized carbons (Fsp3) is 0.381. The number of nitrogens with two attached hydrogens (primary N) is 1. The van der Waals surface area contributed by atoms with E-state index in [0.29, 0.717) is 36.9 Å². The van der Waals surface area contributed by atoms with Gasteiger partial charge in [0.2, 0.25) is 0 Å². The number of primary amides is 1. The number of rotatable bonds is 4. The minimum absolute atomic E-state index is 0.229. The summed E-state index contributed by atoms with van der Waals surface area (Å²) in [7, 11) is -0.965. The number of anilines is 2. The Kier molecular flexibility index (Phi) is 5.47. The van der Waals surface area contributed by atoms with Gasteiger partial charge in [0, 0.05) is 24.1 Å². The van der Waals surface area contributed by atoms with Gasteiger partial charge in [-0.05, 0) is 55.9 Å². The summed E-state index contributed by atoms with van der Waals surface area (Å²) in [4.78, 5) is 12.1. The zero-order chi connectivity index (χ0) is 22.3. The zero-order valence-corrected chi connectivity index (χ0v) is 17.7. The van der Waals surface area contributed by atoms with Crippen molar-refractivity contribution in [3.05, 3.63) is 40.5 Å². The van der Waals surface area contributed by atoms with Crippen LogP contribution >= 0.6 is 0 Å². The Morgan fingerprint density at radius 3 is 2.90 bits per heavy atom. The average molecular weight is 421 g/mol. The lowest BCUT2D eigenvalue weighted by Crippen LogP contribution is -2.29. The number of aromatic nitrogens is 2. The highest BCUT2D eigenvalue weighted by Crippen LogP contribution is 2.39. The molecule has 1 amide bonds. The highest BCUT2D eigenvalue weighted by molar-refractivity contribution is 6.55. The van der Waals surface area contributed by atoms with E-state index in [2.05, 4.69) is 16.5 Å². The second kappa shape index (κ2) is 8.09. The molecule has 0 radical (unpaired) electrons. The van der Waals surface area contributed by atoms with E-state index in [1.54, 1.807) is 10.9 Å². The molecule has 2 aliphatic rings. The molecule has 0 saturated carbocycles. The first-order valence-electron chi connectivity index (χ1n) is 10.1. The standard InChI is InChI=1S/C21H24BN5O4/c1-11-6-15(7-16-12(2)13(3)22(29)31-19(11)16)25-21-17(20(24)28)9-27(26-21)18-10-30-5-4-14(18)8-23/h6-7,9,14,18,29H,4-5,10H2,1-3H3,(H2,24,28)(H,25,26)/t14-,18?/m1/s1. The molecule has 0 spiro atoms. The molecular formula is C21H24BN5O4. The summed E-state index contributed by atoms with van der Waals surface area (Å²) in [5.41, 5.74) is 9.88. The quantitative estimate of drug-likeness (QED) is 0.645. The van der Waals surface area contributed by atoms with E-state index in [1.165, 1.54) is 0 Å². The Balaban J connectivity index is 1.71. The van der Waals surface area contributed by atoms with Crippen LogP contribution in [-0.4, -0.2) is 41.0 Å². The second-order valence-electron chi connectivity index (χ2n) is 7.98. The van der Waals surface area contributed by atoms with Gasteiger partial charge in [-0.2, -0.15) is 10.4 Å². The average Bonchev–Trinajstić information content (AvgIpc) is 3.17. The Morgan fingerprint density at radius 1 is 1.42 bits per heavy atom. The number of allylic oxidation sites excluding steroid dienone is 2. The van der Waals surface area contributed by atoms with Crippen molar-refractivity contribution >= 4 is 30.1 Å². The smallest absolute Gasteiger partial charge is 0.532 e. The van der Waals surface area contributed by atoms with Crippen molar-refractivity contribution in [2.24, 2.45) is 11.7 Å². The van der Waals surface area contributed by atoms with E-state index in [9.17, 15) is 15.1 Å². The molecule has 9 nitrogen and oxygen atoms in total. The number of nitrogens with zero attached hydrogens (tertiary/aromatic N) is 3. The number of fused-ring (bicyclic) bond motifs is 1. The molecule has 160 valence electrons. The molecule has 1 fully saturated rings. The topological polar surface area (TPSA) is 135 Å². The molecule has 4 N–H and O–H groups in total. The van der Waals surface area contributed by atoms with Gasteiger partial charge in [0.15, 0.2) is 5.82 Å². The Bertz CT molecular complexity index is 1120. The monoisotopic (exact) mass is 421 g/mol. The number of carbonyl (C=O) groups is 1. The van der Waals surface area contributed by atoms with Crippen molar-refractivity contribution in [3.8, 4) is 11.8 Å². The zero-order valence-electron chi connectivity index (χ0n) is 17.7. The molecule has 1 unspecified atom stereocenters. The summed E-state index contributed by atoms with van der Waals surface area (Å²) in [5, 5.41) is 27.3. The van der Waals surface area contributed by atoms with Crippen molar-refractivity contribution in [3.63, 3.8) is 0 Å². The van der Waals surface area contributed by atoms with Gasteiger partial charge >= 0.3 is 7.12 Å². The van der Waals surface area contributed by atoms with Crippen LogP contribution in [0.15, 0.2) is 23.8 Å². The van der Waals surface area contributed by atoms with Crippen LogP contribution in [0.2, 0.25) is 0 Å². The van der Waals surface area contributed by atoms with Crippen LogP contribution in [0.5, 0.6) is 5.75 Å². The second-order valence-corrected chi connectivity index (χ2v) is 7.98. The van der Waals surface area contributed by atoms with Gasteiger partial charge in [-0.3, -0.25) is 9.48 Å². The number of aryl methyl sites for hydroxylation is 1. The van der Waals surface area contributed by atoms with E-state index < -0.39 is 13.0 Å². The summed E-state index contributed by atoms with van der Waals surface area (Å²) >= 11 is 0. The van der Waals surface area contributed by atoms with E-state index in [0.717, 1.165) is 22.2 Å². The first kappa shape index (κ1) is 21.0. The highest BCUT2D eigenvalue weighted by Gasteiger charge is 2.31. The minimum Gasteiger partial charge on any atom is -0.532 e. The highest BCUT2D eigenvalue weighted by atomic mass is 16.5. The summed E-state index contributed by atoms with van der Waals surface area (Å²) in [5.74, 6) is 0.0573. The number of amides is 1. The van der Waals surface area contributed by atoms with E-state index in [-0.39, 0.29) is 17.5 Å². The van der Waals surface area contributed by atoms with Crippen LogP contribution in [0.25, 0.3) is 5.57 Å². The van der Waals surface area contributed by atoms with Gasteiger partial charge in [0.05, 0.1) is 24.6 Å². The lowest BCUT2D eigenvalue weighted by atomic mass is 9.73. The Hall–Kier alpha value is -3.29. The normalized spacial score (nSPS) is 20.7. The van der Waals surface area contributed by atoms with Gasteiger partial charge in [-0.1, -0.05) is 0 Å². The van der Waals surface area contributed by atoms with Gasteiger partial charge in [-0.15, -0.1) is 0 Å². The first-order valence-corrected chi connectivity index (χ1v) is 10.1. The summed E-state index contributed by atoms with van der Waals surface area (Å²) in [6.45, 7) is 6.51. The molecule has 1 aromatic heterocycles. The number of ether oxygens (including phenoxy) is 1. The number of nitrogens with one attached hydrogen (secondary N) is 1. The van der Waals surface area contributed by atoms with Crippen LogP contribution in [-0.2, 0) is 4.74 Å². The first-order chi connectivity index (χ1) is 14.8. The SMILES string of the molecule is CC1=C(C)c2cc(Nc3nn(C4COCC[C@@H]4C#N)cc3C(N)=O)cc(C)c2OB1O. The maximum absolute atomic E-state index is 12.1. The Labute approximate surface area is 180 Å². The number of carbonyl (C=O) groups excluding carboxylic acids is 1. The molecule has 2 aliphatic heterocycles. The third-order valence-electron chi connectivity index (χ3n) is 5.96. The van der Waals surface area contributed by atoms with Crippen molar-refractivity contribution in [1.29, 1.82) is 5.26 Å². The molecule has 4 rings (SSSR count). The third kappa shape index (κ3) is 3.78. The lowest BCUT2D eigenvalue weighted by molar-refractivity contribution is 0.0342. The summed E-state index contributed by atoms with van der Waals surface area (Å²) in [6, 6.07) is 5.75. The van der Waals surface area contributed by atoms with Gasteiger partial charge < -0.3 is 25.5 Å². The van der Waals surface area contributed by atoms with Crippen LogP contribution in [0.4, 0.5) is 11.5 Å². The minimum atomic E-state index is -0.965. The maximum Gasteiger partial charge on any atom is 0.555 e. The van der Waals surface area contributed by atoms with Crippen molar-refractivity contribution < 1.29 is 19.2 Å². The molecule has 10 heteroatoms.